The molecule has 0 fully saturated rings. The number of carboxylic acids is 1. The first-order valence-corrected chi connectivity index (χ1v) is 10.3. The molecule has 2 atom stereocenters. The number of rotatable bonds is 6. The third-order valence-corrected chi connectivity index (χ3v) is 6.04. The Morgan fingerprint density at radius 3 is 2.58 bits per heavy atom. The van der Waals surface area contributed by atoms with Crippen LogP contribution in [0.25, 0.3) is 5.57 Å². The van der Waals surface area contributed by atoms with Gasteiger partial charge in [-0.15, -0.1) is 10.2 Å². The van der Waals surface area contributed by atoms with E-state index >= 15 is 0 Å². The van der Waals surface area contributed by atoms with Crippen LogP contribution in [-0.4, -0.2) is 44.8 Å². The number of halogens is 2. The highest BCUT2D eigenvalue weighted by Gasteiger charge is 2.42. The smallest absolute Gasteiger partial charge is 0.334 e. The minimum absolute atomic E-state index is 0.0131. The number of ether oxygens (including phenoxy) is 1. The van der Waals surface area contributed by atoms with Gasteiger partial charge in [0.05, 0.1) is 28.1 Å². The summed E-state index contributed by atoms with van der Waals surface area (Å²) in [6, 6.07) is 4.21. The van der Waals surface area contributed by atoms with Crippen LogP contribution < -0.4 is 0 Å². The summed E-state index contributed by atoms with van der Waals surface area (Å²) in [7, 11) is 0. The molecule has 0 amide bonds. The summed E-state index contributed by atoms with van der Waals surface area (Å²) >= 11 is 12.7. The van der Waals surface area contributed by atoms with E-state index in [0.717, 1.165) is 6.39 Å². The predicted molar refractivity (Wildman–Crippen MR) is 114 cm³/mol. The molecule has 0 radical (unpaired) electrons. The van der Waals surface area contributed by atoms with Crippen molar-refractivity contribution in [2.75, 3.05) is 6.61 Å². The SMILES string of the molecule is CCOC(=O)[C@@H](C)N1C(C)=C(C(=O)O)C(c2cccc(Cl)c2Cl)C(c2nnco2)=C1C. The van der Waals surface area contributed by atoms with Crippen LogP contribution >= 0.6 is 23.2 Å². The fourth-order valence-electron chi connectivity index (χ4n) is 3.92. The van der Waals surface area contributed by atoms with Gasteiger partial charge in [0.15, 0.2) is 0 Å². The topological polar surface area (TPSA) is 106 Å². The Bertz CT molecular complexity index is 1080. The standard InChI is InChI=1S/C21H21Cl2N3O5/c1-5-30-21(29)12(4)26-10(2)15(19-25-24-9-31-19)17(16(11(26)3)20(27)28)13-7-6-8-14(22)18(13)23/h6-9,12,17H,5H2,1-4H3,(H,27,28)/t12-,17?/m1/s1. The number of carboxylic acid groups (broad SMARTS) is 1. The monoisotopic (exact) mass is 465 g/mol. The van der Waals surface area contributed by atoms with Crippen LogP contribution in [0, 0.1) is 0 Å². The van der Waals surface area contributed by atoms with Crippen molar-refractivity contribution in [3.63, 3.8) is 0 Å². The molecule has 1 aliphatic heterocycles. The molecule has 31 heavy (non-hydrogen) atoms. The number of hydrogen-bond donors (Lipinski definition) is 1. The molecule has 1 aliphatic rings. The van der Waals surface area contributed by atoms with Crippen molar-refractivity contribution in [1.82, 2.24) is 15.1 Å². The summed E-state index contributed by atoms with van der Waals surface area (Å²) in [6.07, 6.45) is 1.15. The Balaban J connectivity index is 2.33. The van der Waals surface area contributed by atoms with Crippen LogP contribution in [0.15, 0.2) is 46.0 Å². The van der Waals surface area contributed by atoms with Gasteiger partial charge in [-0.2, -0.15) is 0 Å². The summed E-state index contributed by atoms with van der Waals surface area (Å²) in [5.41, 5.74) is 1.84. The number of aliphatic carboxylic acids is 1. The average Bonchev–Trinajstić information content (AvgIpc) is 3.23. The van der Waals surface area contributed by atoms with E-state index in [2.05, 4.69) is 10.2 Å². The van der Waals surface area contributed by atoms with E-state index in [1.54, 1.807) is 50.8 Å². The van der Waals surface area contributed by atoms with Crippen molar-refractivity contribution >= 4 is 40.7 Å². The zero-order valence-corrected chi connectivity index (χ0v) is 18.9. The van der Waals surface area contributed by atoms with Crippen LogP contribution in [-0.2, 0) is 14.3 Å². The predicted octanol–water partition coefficient (Wildman–Crippen LogP) is 4.52. The van der Waals surface area contributed by atoms with Crippen molar-refractivity contribution in [2.24, 2.45) is 0 Å². The highest BCUT2D eigenvalue weighted by Crippen LogP contribution is 2.49. The molecule has 8 nitrogen and oxygen atoms in total. The van der Waals surface area contributed by atoms with Crippen LogP contribution in [0.5, 0.6) is 0 Å². The van der Waals surface area contributed by atoms with E-state index in [9.17, 15) is 14.7 Å². The van der Waals surface area contributed by atoms with Gasteiger partial charge in [0.1, 0.15) is 6.04 Å². The van der Waals surface area contributed by atoms with Gasteiger partial charge in [-0.3, -0.25) is 0 Å². The first-order valence-electron chi connectivity index (χ1n) is 9.51. The third-order valence-electron chi connectivity index (χ3n) is 5.21. The van der Waals surface area contributed by atoms with Gasteiger partial charge in [0, 0.05) is 17.0 Å². The number of esters is 1. The molecule has 0 saturated heterocycles. The highest BCUT2D eigenvalue weighted by atomic mass is 35.5. The van der Waals surface area contributed by atoms with Crippen LogP contribution in [0.3, 0.4) is 0 Å². The third kappa shape index (κ3) is 4.05. The lowest BCUT2D eigenvalue weighted by molar-refractivity contribution is -0.147. The van der Waals surface area contributed by atoms with Crippen molar-refractivity contribution in [3.05, 3.63) is 63.1 Å². The summed E-state index contributed by atoms with van der Waals surface area (Å²) in [6.45, 7) is 6.94. The fourth-order valence-corrected chi connectivity index (χ4v) is 4.34. The zero-order valence-electron chi connectivity index (χ0n) is 17.3. The molecule has 2 heterocycles. The molecular weight excluding hydrogens is 445 g/mol. The fraction of sp³-hybridized carbons (Fsp3) is 0.333. The highest BCUT2D eigenvalue weighted by molar-refractivity contribution is 6.42. The molecule has 0 saturated carbocycles. The quantitative estimate of drug-likeness (QED) is 0.620. The molecule has 2 aromatic rings. The van der Waals surface area contributed by atoms with Gasteiger partial charge in [-0.25, -0.2) is 9.59 Å². The molecule has 164 valence electrons. The Labute approximate surface area is 189 Å². The summed E-state index contributed by atoms with van der Waals surface area (Å²) < 4.78 is 10.6. The van der Waals surface area contributed by atoms with Gasteiger partial charge in [0.25, 0.3) is 0 Å². The number of benzene rings is 1. The van der Waals surface area contributed by atoms with Crippen molar-refractivity contribution in [1.29, 1.82) is 0 Å². The Hall–Kier alpha value is -2.84. The van der Waals surface area contributed by atoms with Gasteiger partial charge in [-0.05, 0) is 39.3 Å². The largest absolute Gasteiger partial charge is 0.478 e. The van der Waals surface area contributed by atoms with Gasteiger partial charge >= 0.3 is 11.9 Å². The van der Waals surface area contributed by atoms with E-state index in [4.69, 9.17) is 32.4 Å². The molecule has 1 N–H and O–H groups in total. The first kappa shape index (κ1) is 22.8. The van der Waals surface area contributed by atoms with Crippen molar-refractivity contribution in [2.45, 2.75) is 39.7 Å². The van der Waals surface area contributed by atoms with Crippen molar-refractivity contribution < 1.29 is 23.8 Å². The second-order valence-electron chi connectivity index (χ2n) is 6.92. The molecule has 3 rings (SSSR count). The minimum atomic E-state index is -1.18. The Morgan fingerprint density at radius 1 is 1.29 bits per heavy atom. The van der Waals surface area contributed by atoms with E-state index in [1.165, 1.54) is 0 Å². The Kier molecular flexibility index (Phi) is 6.71. The number of carbonyl (C=O) groups excluding carboxylic acids is 1. The van der Waals surface area contributed by atoms with Gasteiger partial charge in [-0.1, -0.05) is 35.3 Å². The second kappa shape index (κ2) is 9.11. The summed E-state index contributed by atoms with van der Waals surface area (Å²) in [5.74, 6) is -2.40. The molecule has 0 aliphatic carbocycles. The number of carbonyl (C=O) groups is 2. The van der Waals surface area contributed by atoms with Crippen LogP contribution in [0.2, 0.25) is 10.0 Å². The number of aromatic nitrogens is 2. The van der Waals surface area contributed by atoms with E-state index in [1.807, 2.05) is 0 Å². The van der Waals surface area contributed by atoms with E-state index in [0.29, 0.717) is 22.5 Å². The first-order chi connectivity index (χ1) is 14.7. The number of nitrogens with zero attached hydrogens (tertiary/aromatic N) is 3. The minimum Gasteiger partial charge on any atom is -0.478 e. The van der Waals surface area contributed by atoms with Crippen molar-refractivity contribution in [3.8, 4) is 0 Å². The molecule has 1 unspecified atom stereocenters. The number of allylic oxidation sites excluding steroid dienone is 3. The van der Waals surface area contributed by atoms with Crippen LogP contribution in [0.1, 0.15) is 45.1 Å². The number of hydrogen-bond acceptors (Lipinski definition) is 7. The molecule has 1 aromatic carbocycles. The van der Waals surface area contributed by atoms with E-state index in [-0.39, 0.29) is 28.1 Å². The maximum Gasteiger partial charge on any atom is 0.334 e. The molecule has 1 aromatic heterocycles. The molecular formula is C21H21Cl2N3O5. The van der Waals surface area contributed by atoms with Gasteiger partial charge in [0.2, 0.25) is 12.3 Å². The lowest BCUT2D eigenvalue weighted by atomic mass is 9.79. The van der Waals surface area contributed by atoms with E-state index < -0.39 is 23.9 Å². The summed E-state index contributed by atoms with van der Waals surface area (Å²) in [4.78, 5) is 26.6. The van der Waals surface area contributed by atoms with Crippen LogP contribution in [0.4, 0.5) is 0 Å². The lowest BCUT2D eigenvalue weighted by Gasteiger charge is -2.39. The lowest BCUT2D eigenvalue weighted by Crippen LogP contribution is -2.42. The normalized spacial score (nSPS) is 17.7. The summed E-state index contributed by atoms with van der Waals surface area (Å²) in [5, 5.41) is 18.4. The maximum absolute atomic E-state index is 12.5. The Morgan fingerprint density at radius 2 is 2.00 bits per heavy atom. The maximum atomic E-state index is 12.5. The average molecular weight is 466 g/mol. The van der Waals surface area contributed by atoms with Gasteiger partial charge < -0.3 is 19.2 Å². The zero-order chi connectivity index (χ0) is 22.9. The molecule has 0 spiro atoms. The molecule has 0 bridgehead atoms. The second-order valence-corrected chi connectivity index (χ2v) is 7.71. The molecule has 10 heteroatoms.